The lowest BCUT2D eigenvalue weighted by atomic mass is 10.3. The van der Waals surface area contributed by atoms with Crippen molar-refractivity contribution in [3.05, 3.63) is 28.9 Å². The van der Waals surface area contributed by atoms with E-state index in [1.165, 1.54) is 0 Å². The first-order chi connectivity index (χ1) is 12.1. The van der Waals surface area contributed by atoms with Crippen LogP contribution in [0.25, 0.3) is 16.0 Å². The number of fused-ring (bicyclic) bond motifs is 2. The summed E-state index contributed by atoms with van der Waals surface area (Å²) < 4.78 is 3.64. The van der Waals surface area contributed by atoms with Crippen molar-refractivity contribution in [3.63, 3.8) is 0 Å². The van der Waals surface area contributed by atoms with Gasteiger partial charge in [0.2, 0.25) is 4.96 Å². The predicted octanol–water partition coefficient (Wildman–Crippen LogP) is 2.38. The summed E-state index contributed by atoms with van der Waals surface area (Å²) in [7, 11) is 1.90. The van der Waals surface area contributed by atoms with Gasteiger partial charge in [0.05, 0.1) is 23.5 Å². The number of aromatic nitrogens is 7. The average molecular weight is 356 g/mol. The molecule has 0 bridgehead atoms. The number of aryl methyl sites for hydroxylation is 3. The molecule has 0 aliphatic heterocycles. The quantitative estimate of drug-likeness (QED) is 0.571. The largest absolute Gasteiger partial charge is 0.369 e. The molecule has 1 N–H and O–H groups in total. The van der Waals surface area contributed by atoms with Gasteiger partial charge < -0.3 is 5.32 Å². The summed E-state index contributed by atoms with van der Waals surface area (Å²) >= 11 is 1.60. The molecule has 130 valence electrons. The molecule has 4 aromatic rings. The van der Waals surface area contributed by atoms with E-state index >= 15 is 0 Å². The van der Waals surface area contributed by atoms with Crippen LogP contribution in [-0.2, 0) is 19.9 Å². The third-order valence-corrected chi connectivity index (χ3v) is 4.82. The monoisotopic (exact) mass is 356 g/mol. The van der Waals surface area contributed by atoms with E-state index in [9.17, 15) is 0 Å². The molecule has 8 nitrogen and oxygen atoms in total. The molecule has 25 heavy (non-hydrogen) atoms. The molecule has 4 heterocycles. The number of anilines is 1. The molecule has 0 fully saturated rings. The summed E-state index contributed by atoms with van der Waals surface area (Å²) in [5.74, 6) is 1.69. The molecule has 0 spiro atoms. The molecular formula is C16H20N8S. The fourth-order valence-electron chi connectivity index (χ4n) is 2.81. The van der Waals surface area contributed by atoms with Crippen molar-refractivity contribution in [2.24, 2.45) is 7.05 Å². The van der Waals surface area contributed by atoms with Crippen LogP contribution in [0.3, 0.4) is 0 Å². The number of nitrogens with zero attached hydrogens (tertiary/aromatic N) is 7. The molecule has 0 radical (unpaired) electrons. The smallest absolute Gasteiger partial charge is 0.212 e. The van der Waals surface area contributed by atoms with Gasteiger partial charge >= 0.3 is 0 Å². The molecule has 9 heteroatoms. The minimum Gasteiger partial charge on any atom is -0.369 e. The molecule has 0 aliphatic carbocycles. The fourth-order valence-corrected chi connectivity index (χ4v) is 3.55. The molecule has 0 amide bonds. The summed E-state index contributed by atoms with van der Waals surface area (Å²) in [6.45, 7) is 4.86. The van der Waals surface area contributed by atoms with Crippen molar-refractivity contribution in [2.45, 2.75) is 33.1 Å². The lowest BCUT2D eigenvalue weighted by Gasteiger charge is -2.08. The second-order valence-electron chi connectivity index (χ2n) is 6.00. The fraction of sp³-hybridized carbons (Fsp3) is 0.438. The zero-order chi connectivity index (χ0) is 17.4. The molecule has 0 aromatic carbocycles. The maximum atomic E-state index is 4.67. The van der Waals surface area contributed by atoms with Gasteiger partial charge in [-0.15, -0.1) is 0 Å². The average Bonchev–Trinajstić information content (AvgIpc) is 3.21. The van der Waals surface area contributed by atoms with Crippen molar-refractivity contribution >= 4 is 33.1 Å². The Kier molecular flexibility index (Phi) is 4.08. The van der Waals surface area contributed by atoms with Gasteiger partial charge in [0.25, 0.3) is 0 Å². The maximum Gasteiger partial charge on any atom is 0.212 e. The maximum absolute atomic E-state index is 4.67. The SMILES string of the molecule is CCCc1nc(NCCc2cn3nc(C)sc3n2)c2cnn(C)c2n1. The van der Waals surface area contributed by atoms with Gasteiger partial charge in [-0.1, -0.05) is 18.3 Å². The Morgan fingerprint density at radius 2 is 2.08 bits per heavy atom. The van der Waals surface area contributed by atoms with E-state index in [-0.39, 0.29) is 0 Å². The summed E-state index contributed by atoms with van der Waals surface area (Å²) in [6, 6.07) is 0. The summed E-state index contributed by atoms with van der Waals surface area (Å²) in [5, 5.41) is 14.1. The van der Waals surface area contributed by atoms with Crippen LogP contribution in [0, 0.1) is 6.92 Å². The Morgan fingerprint density at radius 1 is 1.20 bits per heavy atom. The van der Waals surface area contributed by atoms with E-state index in [0.29, 0.717) is 0 Å². The van der Waals surface area contributed by atoms with Crippen LogP contribution >= 0.6 is 11.3 Å². The first-order valence-electron chi connectivity index (χ1n) is 8.38. The van der Waals surface area contributed by atoms with E-state index in [4.69, 9.17) is 0 Å². The minimum atomic E-state index is 0.746. The molecule has 4 rings (SSSR count). The van der Waals surface area contributed by atoms with Crippen LogP contribution in [0.15, 0.2) is 12.4 Å². The predicted molar refractivity (Wildman–Crippen MR) is 98.1 cm³/mol. The van der Waals surface area contributed by atoms with Crippen molar-refractivity contribution in [2.75, 3.05) is 11.9 Å². The second kappa shape index (κ2) is 6.40. The Labute approximate surface area is 148 Å². The summed E-state index contributed by atoms with van der Waals surface area (Å²) in [4.78, 5) is 14.8. The van der Waals surface area contributed by atoms with Gasteiger partial charge in [-0.05, 0) is 13.3 Å². The van der Waals surface area contributed by atoms with Gasteiger partial charge in [-0.2, -0.15) is 10.2 Å². The third-order valence-electron chi connectivity index (χ3n) is 3.98. The topological polar surface area (TPSA) is 85.8 Å². The lowest BCUT2D eigenvalue weighted by Crippen LogP contribution is -2.09. The van der Waals surface area contributed by atoms with Crippen molar-refractivity contribution < 1.29 is 0 Å². The van der Waals surface area contributed by atoms with E-state index in [2.05, 4.69) is 37.4 Å². The van der Waals surface area contributed by atoms with E-state index in [0.717, 1.165) is 64.1 Å². The lowest BCUT2D eigenvalue weighted by molar-refractivity contribution is 0.772. The number of hydrogen-bond donors (Lipinski definition) is 1. The number of rotatable bonds is 6. The molecule has 0 aliphatic rings. The minimum absolute atomic E-state index is 0.746. The number of nitrogens with one attached hydrogen (secondary N) is 1. The van der Waals surface area contributed by atoms with Crippen molar-refractivity contribution in [1.82, 2.24) is 34.3 Å². The van der Waals surface area contributed by atoms with Gasteiger partial charge in [0.1, 0.15) is 16.6 Å². The highest BCUT2D eigenvalue weighted by molar-refractivity contribution is 7.16. The van der Waals surface area contributed by atoms with E-state index in [1.807, 2.05) is 30.9 Å². The van der Waals surface area contributed by atoms with Gasteiger partial charge in [0, 0.05) is 26.4 Å². The van der Waals surface area contributed by atoms with Crippen molar-refractivity contribution in [1.29, 1.82) is 0 Å². The van der Waals surface area contributed by atoms with Crippen LogP contribution in [-0.4, -0.2) is 40.9 Å². The van der Waals surface area contributed by atoms with E-state index < -0.39 is 0 Å². The molecule has 4 aromatic heterocycles. The van der Waals surface area contributed by atoms with Crippen LogP contribution in [0.5, 0.6) is 0 Å². The van der Waals surface area contributed by atoms with Crippen LogP contribution < -0.4 is 5.32 Å². The first kappa shape index (κ1) is 15.9. The Balaban J connectivity index is 1.52. The first-order valence-corrected chi connectivity index (χ1v) is 9.20. The zero-order valence-electron chi connectivity index (χ0n) is 14.5. The number of hydrogen-bond acceptors (Lipinski definition) is 7. The Bertz CT molecular complexity index is 996. The highest BCUT2D eigenvalue weighted by Gasteiger charge is 2.11. The van der Waals surface area contributed by atoms with Gasteiger partial charge in [0.15, 0.2) is 5.65 Å². The Morgan fingerprint density at radius 3 is 2.88 bits per heavy atom. The zero-order valence-corrected chi connectivity index (χ0v) is 15.3. The standard InChI is InChI=1S/C16H20N8S/c1-4-5-13-20-14(12-8-18-23(3)15(12)21-13)17-7-6-11-9-24-16(19-11)25-10(2)22-24/h8-9H,4-7H2,1-3H3,(H,17,20,21). The van der Waals surface area contributed by atoms with Gasteiger partial charge in [-0.3, -0.25) is 4.68 Å². The van der Waals surface area contributed by atoms with Gasteiger partial charge in [-0.25, -0.2) is 19.5 Å². The molecule has 0 saturated carbocycles. The molecule has 0 saturated heterocycles. The highest BCUT2D eigenvalue weighted by Crippen LogP contribution is 2.20. The normalized spacial score (nSPS) is 11.6. The van der Waals surface area contributed by atoms with Crippen molar-refractivity contribution in [3.8, 4) is 0 Å². The molecule has 0 unspecified atom stereocenters. The third kappa shape index (κ3) is 3.07. The number of imidazole rings is 1. The van der Waals surface area contributed by atoms with E-state index in [1.54, 1.807) is 16.0 Å². The highest BCUT2D eigenvalue weighted by atomic mass is 32.1. The van der Waals surface area contributed by atoms with Crippen LogP contribution in [0.2, 0.25) is 0 Å². The molecular weight excluding hydrogens is 336 g/mol. The van der Waals surface area contributed by atoms with Crippen LogP contribution in [0.1, 0.15) is 29.9 Å². The second-order valence-corrected chi connectivity index (χ2v) is 7.16. The molecule has 0 atom stereocenters. The van der Waals surface area contributed by atoms with Crippen LogP contribution in [0.4, 0.5) is 5.82 Å². The summed E-state index contributed by atoms with van der Waals surface area (Å²) in [6.07, 6.45) is 6.48. The Hall–Kier alpha value is -2.55. The summed E-state index contributed by atoms with van der Waals surface area (Å²) in [5.41, 5.74) is 1.89.